The summed E-state index contributed by atoms with van der Waals surface area (Å²) in [6.45, 7) is 7.43. The fourth-order valence-electron chi connectivity index (χ4n) is 7.04. The van der Waals surface area contributed by atoms with E-state index in [1.165, 1.54) is 11.5 Å². The summed E-state index contributed by atoms with van der Waals surface area (Å²) in [5.41, 5.74) is -2.51. The second-order valence-corrected chi connectivity index (χ2v) is 13.3. The van der Waals surface area contributed by atoms with Gasteiger partial charge in [-0.3, -0.25) is 14.3 Å². The van der Waals surface area contributed by atoms with Gasteiger partial charge in [0, 0.05) is 77.9 Å². The van der Waals surface area contributed by atoms with Crippen molar-refractivity contribution in [1.82, 2.24) is 19.4 Å². The van der Waals surface area contributed by atoms with Crippen molar-refractivity contribution in [3.05, 3.63) is 50.9 Å². The zero-order chi connectivity index (χ0) is 31.7. The largest absolute Gasteiger partial charge is 0.417 e. The number of benzene rings is 2. The number of nitrogens with zero attached hydrogens (tertiary/aromatic N) is 5. The van der Waals surface area contributed by atoms with E-state index in [0.29, 0.717) is 11.8 Å². The molecule has 44 heavy (non-hydrogen) atoms. The molecule has 0 N–H and O–H groups in total. The maximum Gasteiger partial charge on any atom is 0.417 e. The first-order chi connectivity index (χ1) is 20.8. The fraction of sp³-hybridized carbons (Fsp3) is 0.500. The van der Waals surface area contributed by atoms with Crippen molar-refractivity contribution in [2.75, 3.05) is 36.8 Å². The minimum atomic E-state index is -4.94. The summed E-state index contributed by atoms with van der Waals surface area (Å²) < 4.78 is 75.8. The molecule has 3 aromatic rings. The third kappa shape index (κ3) is 5.34. The average Bonchev–Trinajstić information content (AvgIpc) is 3.39. The van der Waals surface area contributed by atoms with Crippen LogP contribution in [0.3, 0.4) is 0 Å². The predicted molar refractivity (Wildman–Crippen MR) is 160 cm³/mol. The van der Waals surface area contributed by atoms with Gasteiger partial charge in [-0.25, -0.2) is 13.6 Å². The highest BCUT2D eigenvalue weighted by Crippen LogP contribution is 2.49. The van der Waals surface area contributed by atoms with Crippen molar-refractivity contribution in [2.45, 2.75) is 69.4 Å². The third-order valence-electron chi connectivity index (χ3n) is 8.84. The number of alkyl halides is 3. The lowest BCUT2D eigenvalue weighted by Gasteiger charge is -2.44. The van der Waals surface area contributed by atoms with Gasteiger partial charge in [0.1, 0.15) is 17.5 Å². The molecule has 0 aliphatic carbocycles. The van der Waals surface area contributed by atoms with Gasteiger partial charge in [0.05, 0.1) is 16.1 Å². The lowest BCUT2D eigenvalue weighted by Crippen LogP contribution is -2.58. The number of hydrogen-bond donors (Lipinski definition) is 0. The molecule has 1 amide bonds. The molecule has 2 aromatic carbocycles. The van der Waals surface area contributed by atoms with E-state index in [-0.39, 0.29) is 65.3 Å². The first-order valence-corrected chi connectivity index (χ1v) is 15.9. The second kappa shape index (κ2) is 11.5. The van der Waals surface area contributed by atoms with E-state index in [2.05, 4.69) is 9.88 Å². The highest BCUT2D eigenvalue weighted by molar-refractivity contribution is 7.99. The van der Waals surface area contributed by atoms with Crippen molar-refractivity contribution in [2.24, 2.45) is 0 Å². The van der Waals surface area contributed by atoms with Crippen LogP contribution in [0.5, 0.6) is 0 Å². The van der Waals surface area contributed by atoms with Crippen LogP contribution >= 0.6 is 23.4 Å². The summed E-state index contributed by atoms with van der Waals surface area (Å²) in [7, 11) is 0. The van der Waals surface area contributed by atoms with Gasteiger partial charge in [0.25, 0.3) is 0 Å². The van der Waals surface area contributed by atoms with Crippen LogP contribution in [0.1, 0.15) is 39.2 Å². The summed E-state index contributed by atoms with van der Waals surface area (Å²) in [5, 5.41) is -0.413. The van der Waals surface area contributed by atoms with Gasteiger partial charge in [-0.15, -0.1) is 11.8 Å². The van der Waals surface area contributed by atoms with Crippen LogP contribution in [-0.2, 0) is 17.5 Å². The smallest absolute Gasteiger partial charge is 0.352 e. The van der Waals surface area contributed by atoms with Gasteiger partial charge in [-0.05, 0) is 51.9 Å². The summed E-state index contributed by atoms with van der Waals surface area (Å²) in [6, 6.07) is 1.51. The molecule has 7 nitrogen and oxygen atoms in total. The number of halogens is 6. The summed E-state index contributed by atoms with van der Waals surface area (Å²) in [4.78, 5) is 36.2. The molecule has 6 rings (SSSR count). The maximum atomic E-state index is 15.4. The number of carbonyl (C=O) groups excluding carboxylic acids is 1. The van der Waals surface area contributed by atoms with Gasteiger partial charge in [0.2, 0.25) is 5.91 Å². The number of amides is 1. The van der Waals surface area contributed by atoms with Crippen LogP contribution in [-0.4, -0.2) is 75.3 Å². The molecule has 3 aliphatic rings. The number of rotatable bonds is 3. The Hall–Kier alpha value is -2.90. The Kier molecular flexibility index (Phi) is 8.11. The molecule has 0 saturated carbocycles. The normalized spacial score (nSPS) is 23.0. The average molecular weight is 656 g/mol. The number of likely N-dealkylation sites (tertiary alicyclic amines) is 1. The number of piperazine rings is 1. The summed E-state index contributed by atoms with van der Waals surface area (Å²) in [5.74, 6) is -1.98. The van der Waals surface area contributed by atoms with E-state index < -0.39 is 45.2 Å². The van der Waals surface area contributed by atoms with Crippen molar-refractivity contribution in [3.8, 4) is 11.1 Å². The molecule has 2 saturated heterocycles. The lowest BCUT2D eigenvalue weighted by molar-refractivity contribution is -0.137. The van der Waals surface area contributed by atoms with Gasteiger partial charge < -0.3 is 9.80 Å². The quantitative estimate of drug-likeness (QED) is 0.254. The molecular formula is C30H31ClF5N5O2S. The van der Waals surface area contributed by atoms with Crippen LogP contribution in [0.15, 0.2) is 27.9 Å². The highest BCUT2D eigenvalue weighted by Gasteiger charge is 2.41. The minimum absolute atomic E-state index is 0.0716. The Bertz CT molecular complexity index is 1700. The molecule has 0 radical (unpaired) electrons. The van der Waals surface area contributed by atoms with Crippen LogP contribution < -0.4 is 10.6 Å². The summed E-state index contributed by atoms with van der Waals surface area (Å²) >= 11 is 7.11. The molecule has 0 bridgehead atoms. The second-order valence-electron chi connectivity index (χ2n) is 11.8. The van der Waals surface area contributed by atoms with Gasteiger partial charge >= 0.3 is 11.9 Å². The Morgan fingerprint density at radius 2 is 1.68 bits per heavy atom. The van der Waals surface area contributed by atoms with Crippen molar-refractivity contribution >= 4 is 46.0 Å². The molecule has 3 aliphatic heterocycles. The topological polar surface area (TPSA) is 61.7 Å². The number of hydrogen-bond acceptors (Lipinski definition) is 6. The lowest BCUT2D eigenvalue weighted by atomic mass is 9.95. The highest BCUT2D eigenvalue weighted by atomic mass is 35.5. The molecule has 14 heteroatoms. The van der Waals surface area contributed by atoms with Crippen molar-refractivity contribution < 1.29 is 26.7 Å². The molecule has 1 aromatic heterocycles. The van der Waals surface area contributed by atoms with E-state index in [1.807, 2.05) is 13.8 Å². The Labute approximate surface area is 259 Å². The van der Waals surface area contributed by atoms with E-state index in [9.17, 15) is 27.2 Å². The molecule has 3 atom stereocenters. The fourth-order valence-corrected chi connectivity index (χ4v) is 8.60. The SMILES string of the molecule is CC(=O)N1[C@H](C)CN(c2nc(=O)n3c4c(c(-c5cc(Cl)c(F)cc5F)c(C(F)(F)F)cc24)SCC(N2CCCC2)C3)C[C@@H]1C. The first-order valence-electron chi connectivity index (χ1n) is 14.5. The zero-order valence-corrected chi connectivity index (χ0v) is 25.9. The Morgan fingerprint density at radius 3 is 2.30 bits per heavy atom. The van der Waals surface area contributed by atoms with Crippen molar-refractivity contribution in [3.63, 3.8) is 0 Å². The van der Waals surface area contributed by atoms with E-state index in [1.54, 1.807) is 9.80 Å². The number of aromatic nitrogens is 2. The third-order valence-corrected chi connectivity index (χ3v) is 10.4. The van der Waals surface area contributed by atoms with Crippen LogP contribution in [0.4, 0.5) is 27.8 Å². The van der Waals surface area contributed by atoms with Crippen LogP contribution in [0.25, 0.3) is 22.0 Å². The molecular weight excluding hydrogens is 625 g/mol. The van der Waals surface area contributed by atoms with Gasteiger partial charge in [-0.2, -0.15) is 18.2 Å². The monoisotopic (exact) mass is 655 g/mol. The maximum absolute atomic E-state index is 15.4. The molecule has 4 heterocycles. The zero-order valence-electron chi connectivity index (χ0n) is 24.3. The van der Waals surface area contributed by atoms with E-state index in [0.717, 1.165) is 49.8 Å². The molecule has 1 unspecified atom stereocenters. The Balaban J connectivity index is 1.66. The predicted octanol–water partition coefficient (Wildman–Crippen LogP) is 6.03. The number of thioether (sulfide) groups is 1. The molecule has 0 spiro atoms. The molecule has 236 valence electrons. The van der Waals surface area contributed by atoms with Gasteiger partial charge in [0.15, 0.2) is 0 Å². The Morgan fingerprint density at radius 1 is 1.02 bits per heavy atom. The number of anilines is 1. The van der Waals surface area contributed by atoms with E-state index >= 15 is 4.39 Å². The first kappa shape index (κ1) is 31.1. The van der Waals surface area contributed by atoms with Crippen LogP contribution in [0, 0.1) is 11.6 Å². The minimum Gasteiger partial charge on any atom is -0.352 e. The van der Waals surface area contributed by atoms with E-state index in [4.69, 9.17) is 11.6 Å². The number of carbonyl (C=O) groups is 1. The molecule has 2 fully saturated rings. The standard InChI is InChI=1S/C30H31ClF5N5O2S/c1-15-11-39(12-16(2)41(15)17(3)42)28-20-8-21(30(34,35)36)25(19-9-22(31)24(33)10-23(19)32)27-26(20)40(29(43)37-28)13-18(14-44-27)38-6-4-5-7-38/h8-10,15-16,18H,4-7,11-14H2,1-3H3/t15-,16+,18?. The van der Waals surface area contributed by atoms with Gasteiger partial charge in [-0.1, -0.05) is 11.6 Å². The van der Waals surface area contributed by atoms with Crippen LogP contribution in [0.2, 0.25) is 5.02 Å². The summed E-state index contributed by atoms with van der Waals surface area (Å²) in [6.07, 6.45) is -3.00. The van der Waals surface area contributed by atoms with Crippen molar-refractivity contribution in [1.29, 1.82) is 0 Å².